The van der Waals surface area contributed by atoms with Gasteiger partial charge in [0.25, 0.3) is 0 Å². The van der Waals surface area contributed by atoms with Gasteiger partial charge in [0.1, 0.15) is 5.94 Å². The standard InChI is InChI=1S/C25H19F3N4O3S/c26-25(27,28)24-13-22(32(31-24)19-5-3-4-16(12-19)14-29)21(15-33)18-10-8-17(9-11-18)20-6-1-2-7-23(20)36(30,34)35/h1-13H,14,29H2,(H2,30,34,35). The maximum Gasteiger partial charge on any atom is 0.435 e. The van der Waals surface area contributed by atoms with Crippen LogP contribution in [0.25, 0.3) is 22.4 Å². The van der Waals surface area contributed by atoms with Crippen molar-refractivity contribution in [3.05, 3.63) is 101 Å². The van der Waals surface area contributed by atoms with E-state index in [1.165, 1.54) is 36.4 Å². The Morgan fingerprint density at radius 1 is 0.972 bits per heavy atom. The molecule has 11 heteroatoms. The monoisotopic (exact) mass is 512 g/mol. The second-order valence-corrected chi connectivity index (χ2v) is 9.32. The molecular weight excluding hydrogens is 493 g/mol. The van der Waals surface area contributed by atoms with E-state index in [2.05, 4.69) is 5.10 Å². The molecule has 7 nitrogen and oxygen atoms in total. The minimum Gasteiger partial charge on any atom is -0.326 e. The van der Waals surface area contributed by atoms with Crippen LogP contribution in [0, 0.1) is 0 Å². The molecule has 0 unspecified atom stereocenters. The molecule has 0 bridgehead atoms. The number of nitrogens with zero attached hydrogens (tertiary/aromatic N) is 2. The molecule has 0 aliphatic heterocycles. The first-order valence-electron chi connectivity index (χ1n) is 10.5. The Kier molecular flexibility index (Phi) is 6.66. The zero-order chi connectivity index (χ0) is 26.1. The number of hydrogen-bond acceptors (Lipinski definition) is 5. The first kappa shape index (κ1) is 25.1. The summed E-state index contributed by atoms with van der Waals surface area (Å²) in [6, 6.07) is 19.4. The molecule has 0 amide bonds. The van der Waals surface area contributed by atoms with Gasteiger partial charge in [-0.05, 0) is 41.0 Å². The Morgan fingerprint density at radius 3 is 2.28 bits per heavy atom. The van der Waals surface area contributed by atoms with E-state index in [0.717, 1.165) is 10.7 Å². The van der Waals surface area contributed by atoms with Crippen LogP contribution in [0.3, 0.4) is 0 Å². The molecule has 0 atom stereocenters. The normalized spacial score (nSPS) is 11.8. The summed E-state index contributed by atoms with van der Waals surface area (Å²) in [5.74, 6) is 1.73. The van der Waals surface area contributed by atoms with Crippen LogP contribution >= 0.6 is 0 Å². The maximum atomic E-state index is 13.5. The fourth-order valence-electron chi connectivity index (χ4n) is 3.74. The Labute approximate surface area is 204 Å². The molecule has 4 aromatic rings. The van der Waals surface area contributed by atoms with E-state index in [9.17, 15) is 26.4 Å². The minimum atomic E-state index is -4.75. The highest BCUT2D eigenvalue weighted by molar-refractivity contribution is 7.89. The third-order valence-corrected chi connectivity index (χ3v) is 6.40. The van der Waals surface area contributed by atoms with E-state index < -0.39 is 21.9 Å². The highest BCUT2D eigenvalue weighted by atomic mass is 32.2. The van der Waals surface area contributed by atoms with Gasteiger partial charge in [-0.15, -0.1) is 0 Å². The summed E-state index contributed by atoms with van der Waals surface area (Å²) in [5.41, 5.74) is 6.23. The number of rotatable bonds is 6. The molecule has 0 saturated carbocycles. The fraction of sp³-hybridized carbons (Fsp3) is 0.0800. The van der Waals surface area contributed by atoms with Crippen LogP contribution in [0.5, 0.6) is 0 Å². The number of nitrogens with two attached hydrogens (primary N) is 2. The summed E-state index contributed by atoms with van der Waals surface area (Å²) in [7, 11) is -4.00. The van der Waals surface area contributed by atoms with Crippen LogP contribution in [-0.2, 0) is 27.5 Å². The SMILES string of the molecule is NCc1cccc(-n2nc(C(F)(F)F)cc2C(=C=O)c2ccc(-c3ccccc3S(N)(=O)=O)cc2)c1. The van der Waals surface area contributed by atoms with Crippen LogP contribution in [-0.4, -0.2) is 24.1 Å². The number of benzene rings is 3. The number of hydrogen-bond donors (Lipinski definition) is 2. The van der Waals surface area contributed by atoms with Crippen molar-refractivity contribution in [2.24, 2.45) is 10.9 Å². The fourth-order valence-corrected chi connectivity index (χ4v) is 4.50. The molecule has 0 saturated heterocycles. The van der Waals surface area contributed by atoms with Crippen molar-refractivity contribution >= 4 is 21.5 Å². The molecule has 0 fully saturated rings. The second-order valence-electron chi connectivity index (χ2n) is 7.79. The van der Waals surface area contributed by atoms with Gasteiger partial charge in [-0.1, -0.05) is 54.6 Å². The summed E-state index contributed by atoms with van der Waals surface area (Å²) < 4.78 is 65.5. The summed E-state index contributed by atoms with van der Waals surface area (Å²) in [6.07, 6.45) is -4.75. The number of halogens is 3. The average molecular weight is 513 g/mol. The lowest BCUT2D eigenvalue weighted by Crippen LogP contribution is -2.13. The lowest BCUT2D eigenvalue weighted by Gasteiger charge is -2.11. The zero-order valence-corrected chi connectivity index (χ0v) is 19.3. The Bertz CT molecular complexity index is 1590. The number of sulfonamides is 1. The van der Waals surface area contributed by atoms with Gasteiger partial charge < -0.3 is 5.73 Å². The van der Waals surface area contributed by atoms with Crippen LogP contribution in [0.2, 0.25) is 0 Å². The highest BCUT2D eigenvalue weighted by Crippen LogP contribution is 2.34. The van der Waals surface area contributed by atoms with E-state index in [1.54, 1.807) is 42.3 Å². The van der Waals surface area contributed by atoms with Crippen LogP contribution in [0.15, 0.2) is 83.8 Å². The van der Waals surface area contributed by atoms with Crippen LogP contribution in [0.1, 0.15) is 22.5 Å². The third-order valence-electron chi connectivity index (χ3n) is 5.43. The molecular formula is C25H19F3N4O3S. The van der Waals surface area contributed by atoms with E-state index >= 15 is 0 Å². The molecule has 1 heterocycles. The molecule has 0 spiro atoms. The van der Waals surface area contributed by atoms with Gasteiger partial charge in [-0.3, -0.25) is 0 Å². The predicted molar refractivity (Wildman–Crippen MR) is 128 cm³/mol. The van der Waals surface area contributed by atoms with Crippen molar-refractivity contribution in [3.8, 4) is 16.8 Å². The minimum absolute atomic E-state index is 0.0865. The van der Waals surface area contributed by atoms with Crippen molar-refractivity contribution in [2.75, 3.05) is 0 Å². The molecule has 184 valence electrons. The van der Waals surface area contributed by atoms with Crippen molar-refractivity contribution in [1.29, 1.82) is 0 Å². The van der Waals surface area contributed by atoms with E-state index in [-0.39, 0.29) is 34.0 Å². The Hall–Kier alpha value is -4.02. The summed E-state index contributed by atoms with van der Waals surface area (Å²) in [4.78, 5) is 11.9. The molecule has 4 rings (SSSR count). The quantitative estimate of drug-likeness (QED) is 0.379. The van der Waals surface area contributed by atoms with E-state index in [0.29, 0.717) is 16.7 Å². The summed E-state index contributed by atoms with van der Waals surface area (Å²) in [5, 5.41) is 9.00. The summed E-state index contributed by atoms with van der Waals surface area (Å²) in [6.45, 7) is 0.161. The topological polar surface area (TPSA) is 121 Å². The molecule has 4 N–H and O–H groups in total. The first-order valence-corrected chi connectivity index (χ1v) is 12.0. The number of aromatic nitrogens is 2. The van der Waals surface area contributed by atoms with Crippen molar-refractivity contribution in [2.45, 2.75) is 17.6 Å². The van der Waals surface area contributed by atoms with Crippen LogP contribution < -0.4 is 10.9 Å². The smallest absolute Gasteiger partial charge is 0.326 e. The predicted octanol–water partition coefficient (Wildman–Crippen LogP) is 3.93. The van der Waals surface area contributed by atoms with E-state index in [1.807, 2.05) is 0 Å². The first-order chi connectivity index (χ1) is 17.0. The van der Waals surface area contributed by atoms with Crippen molar-refractivity contribution < 1.29 is 26.4 Å². The van der Waals surface area contributed by atoms with Crippen LogP contribution in [0.4, 0.5) is 13.2 Å². The van der Waals surface area contributed by atoms with Gasteiger partial charge in [0.05, 0.1) is 21.8 Å². The lowest BCUT2D eigenvalue weighted by molar-refractivity contribution is -0.141. The van der Waals surface area contributed by atoms with Gasteiger partial charge in [-0.25, -0.2) is 23.0 Å². The highest BCUT2D eigenvalue weighted by Gasteiger charge is 2.36. The second kappa shape index (κ2) is 9.56. The molecule has 1 aromatic heterocycles. The molecule has 3 aromatic carbocycles. The number of alkyl halides is 3. The lowest BCUT2D eigenvalue weighted by atomic mass is 9.99. The van der Waals surface area contributed by atoms with E-state index in [4.69, 9.17) is 10.9 Å². The zero-order valence-electron chi connectivity index (χ0n) is 18.5. The molecule has 0 aliphatic carbocycles. The van der Waals surface area contributed by atoms with Gasteiger partial charge in [0.15, 0.2) is 5.69 Å². The van der Waals surface area contributed by atoms with Gasteiger partial charge in [0, 0.05) is 12.1 Å². The Balaban J connectivity index is 1.83. The van der Waals surface area contributed by atoms with Crippen molar-refractivity contribution in [1.82, 2.24) is 9.78 Å². The van der Waals surface area contributed by atoms with Gasteiger partial charge >= 0.3 is 6.18 Å². The molecule has 36 heavy (non-hydrogen) atoms. The number of primary sulfonamides is 1. The van der Waals surface area contributed by atoms with Crippen molar-refractivity contribution in [3.63, 3.8) is 0 Å². The third kappa shape index (κ3) is 5.00. The largest absolute Gasteiger partial charge is 0.435 e. The number of carbonyl (C=O) groups excluding carboxylic acids is 1. The van der Waals surface area contributed by atoms with Gasteiger partial charge in [0.2, 0.25) is 10.0 Å². The summed E-state index contributed by atoms with van der Waals surface area (Å²) >= 11 is 0. The maximum absolute atomic E-state index is 13.5. The van der Waals surface area contributed by atoms with Gasteiger partial charge in [-0.2, -0.15) is 18.3 Å². The average Bonchev–Trinajstić information content (AvgIpc) is 3.30. The Morgan fingerprint density at radius 2 is 1.67 bits per heavy atom. The molecule has 0 radical (unpaired) electrons. The molecule has 0 aliphatic rings.